The molecule has 0 aliphatic rings. The van der Waals surface area contributed by atoms with E-state index in [2.05, 4.69) is 0 Å². The Kier molecular flexibility index (Phi) is 4.84. The van der Waals surface area contributed by atoms with Crippen LogP contribution in [0.25, 0.3) is 0 Å². The normalized spacial score (nSPS) is 10.0. The van der Waals surface area contributed by atoms with Gasteiger partial charge in [-0.15, -0.1) is 0 Å². The predicted molar refractivity (Wildman–Crippen MR) is 71.0 cm³/mol. The number of anilines is 1. The van der Waals surface area contributed by atoms with E-state index >= 15 is 0 Å². The lowest BCUT2D eigenvalue weighted by atomic mass is 10.2. The third-order valence-electron chi connectivity index (χ3n) is 2.55. The molecule has 22 heavy (non-hydrogen) atoms. The molecule has 0 aliphatic heterocycles. The first kappa shape index (κ1) is 16.7. The second-order valence-corrected chi connectivity index (χ2v) is 3.96. The Morgan fingerprint density at radius 3 is 1.64 bits per heavy atom. The molecule has 0 amide bonds. The minimum absolute atomic E-state index is 0.173. The van der Waals surface area contributed by atoms with Gasteiger partial charge in [0.15, 0.2) is 5.03 Å². The van der Waals surface area contributed by atoms with Crippen LogP contribution >= 0.6 is 0 Å². The first-order valence-electron chi connectivity index (χ1n) is 5.73. The van der Waals surface area contributed by atoms with Crippen LogP contribution in [-0.4, -0.2) is 26.3 Å². The minimum Gasteiger partial charge on any atom is -0.258 e. The molecule has 118 valence electrons. The summed E-state index contributed by atoms with van der Waals surface area (Å²) in [6, 6.07) is 0.906. The largest absolute Gasteiger partial charge is 0.312 e. The van der Waals surface area contributed by atoms with E-state index < -0.39 is 42.6 Å². The fourth-order valence-electron chi connectivity index (χ4n) is 1.72. The van der Waals surface area contributed by atoms with Gasteiger partial charge < -0.3 is 0 Å². The molecule has 0 bridgehead atoms. The Morgan fingerprint density at radius 2 is 1.36 bits per heavy atom. The molecule has 13 nitrogen and oxygen atoms in total. The van der Waals surface area contributed by atoms with Crippen LogP contribution < -0.4 is 5.01 Å². The molecule has 0 atom stereocenters. The first-order valence-corrected chi connectivity index (χ1v) is 5.73. The quantitative estimate of drug-likeness (QED) is 0.536. The van der Waals surface area contributed by atoms with Gasteiger partial charge >= 0.3 is 11.4 Å². The standard InChI is InChI=1S/C9H9N5O8/c1-2-3-10(14(21)22)9-7(12(17)18)4-6(11(15)16)5-8(9)13(19)20/h4-5H,2-3H2,1H3. The van der Waals surface area contributed by atoms with Gasteiger partial charge in [0, 0.05) is 0 Å². The lowest BCUT2D eigenvalue weighted by molar-refractivity contribution is -0.497. The fraction of sp³-hybridized carbons (Fsp3) is 0.333. The van der Waals surface area contributed by atoms with Crippen molar-refractivity contribution in [1.82, 2.24) is 0 Å². The van der Waals surface area contributed by atoms with Crippen LogP contribution in [0, 0.1) is 40.5 Å². The molecule has 0 saturated heterocycles. The topological polar surface area (TPSA) is 176 Å². The first-order chi connectivity index (χ1) is 10.2. The van der Waals surface area contributed by atoms with Gasteiger partial charge in [-0.1, -0.05) is 11.9 Å². The van der Waals surface area contributed by atoms with Crippen molar-refractivity contribution in [3.63, 3.8) is 0 Å². The van der Waals surface area contributed by atoms with Crippen LogP contribution in [0.2, 0.25) is 0 Å². The zero-order valence-electron chi connectivity index (χ0n) is 11.1. The van der Waals surface area contributed by atoms with Gasteiger partial charge in [-0.25, -0.2) is 10.1 Å². The van der Waals surface area contributed by atoms with E-state index in [1.54, 1.807) is 0 Å². The maximum atomic E-state index is 11.0. The van der Waals surface area contributed by atoms with Crippen molar-refractivity contribution in [1.29, 1.82) is 0 Å². The average molecular weight is 315 g/mol. The number of hydrogen-bond acceptors (Lipinski definition) is 8. The van der Waals surface area contributed by atoms with Crippen molar-refractivity contribution in [2.75, 3.05) is 11.6 Å². The summed E-state index contributed by atoms with van der Waals surface area (Å²) >= 11 is 0. The Labute approximate surface area is 121 Å². The van der Waals surface area contributed by atoms with Crippen molar-refractivity contribution < 1.29 is 19.8 Å². The second kappa shape index (κ2) is 6.38. The number of benzene rings is 1. The van der Waals surface area contributed by atoms with Crippen LogP contribution in [0.3, 0.4) is 0 Å². The Balaban J connectivity index is 3.78. The molecule has 0 aromatic heterocycles. The third kappa shape index (κ3) is 3.20. The van der Waals surface area contributed by atoms with Gasteiger partial charge in [0.05, 0.1) is 33.4 Å². The summed E-state index contributed by atoms with van der Waals surface area (Å²) in [5.74, 6) is 0. The number of nitrogens with zero attached hydrogens (tertiary/aromatic N) is 5. The maximum absolute atomic E-state index is 11.0. The van der Waals surface area contributed by atoms with Gasteiger partial charge in [0.2, 0.25) is 0 Å². The van der Waals surface area contributed by atoms with Crippen molar-refractivity contribution in [2.24, 2.45) is 0 Å². The number of hydrazine groups is 1. The minimum atomic E-state index is -1.14. The summed E-state index contributed by atoms with van der Waals surface area (Å²) < 4.78 is 0. The molecular weight excluding hydrogens is 306 g/mol. The average Bonchev–Trinajstić information content (AvgIpc) is 2.42. The van der Waals surface area contributed by atoms with Crippen LogP contribution in [0.5, 0.6) is 0 Å². The van der Waals surface area contributed by atoms with Crippen molar-refractivity contribution in [2.45, 2.75) is 13.3 Å². The lowest BCUT2D eigenvalue weighted by Crippen LogP contribution is -2.31. The van der Waals surface area contributed by atoms with Gasteiger partial charge in [-0.2, -0.15) is 0 Å². The summed E-state index contributed by atoms with van der Waals surface area (Å²) in [7, 11) is 0. The van der Waals surface area contributed by atoms with Gasteiger partial charge in [-0.3, -0.25) is 30.3 Å². The molecule has 0 heterocycles. The second-order valence-electron chi connectivity index (χ2n) is 3.96. The molecule has 0 aliphatic carbocycles. The van der Waals surface area contributed by atoms with E-state index in [0.717, 1.165) is 0 Å². The molecule has 1 aromatic carbocycles. The molecule has 1 rings (SSSR count). The fourth-order valence-corrected chi connectivity index (χ4v) is 1.72. The lowest BCUT2D eigenvalue weighted by Gasteiger charge is -2.13. The van der Waals surface area contributed by atoms with E-state index in [1.165, 1.54) is 6.92 Å². The highest BCUT2D eigenvalue weighted by Gasteiger charge is 2.38. The van der Waals surface area contributed by atoms with Crippen LogP contribution in [-0.2, 0) is 0 Å². The highest BCUT2D eigenvalue weighted by Crippen LogP contribution is 2.41. The van der Waals surface area contributed by atoms with Crippen LogP contribution in [0.4, 0.5) is 22.7 Å². The maximum Gasteiger partial charge on any atom is 0.312 e. The number of non-ortho nitro benzene ring substituents is 1. The number of hydrogen-bond donors (Lipinski definition) is 0. The summed E-state index contributed by atoms with van der Waals surface area (Å²) in [6.07, 6.45) is 0.173. The Hall–Kier alpha value is -3.38. The Morgan fingerprint density at radius 1 is 0.909 bits per heavy atom. The van der Waals surface area contributed by atoms with E-state index in [1.807, 2.05) is 0 Å². The molecule has 0 saturated carbocycles. The summed E-state index contributed by atoms with van der Waals surface area (Å²) in [6.45, 7) is 1.19. The number of nitro groups is 4. The van der Waals surface area contributed by atoms with Crippen molar-refractivity contribution in [3.05, 3.63) is 52.6 Å². The molecule has 0 N–H and O–H groups in total. The van der Waals surface area contributed by atoms with E-state index in [4.69, 9.17) is 0 Å². The third-order valence-corrected chi connectivity index (χ3v) is 2.55. The number of rotatable bonds is 7. The molecule has 0 spiro atoms. The van der Waals surface area contributed by atoms with Crippen LogP contribution in [0.1, 0.15) is 13.3 Å². The molecule has 0 radical (unpaired) electrons. The van der Waals surface area contributed by atoms with E-state index in [-0.39, 0.29) is 18.0 Å². The van der Waals surface area contributed by atoms with Crippen molar-refractivity contribution >= 4 is 22.7 Å². The number of nitro benzene ring substituents is 3. The Bertz CT molecular complexity index is 624. The molecule has 0 unspecified atom stereocenters. The van der Waals surface area contributed by atoms with E-state index in [0.29, 0.717) is 12.1 Å². The molecule has 1 aromatic rings. The van der Waals surface area contributed by atoms with E-state index in [9.17, 15) is 40.5 Å². The smallest absolute Gasteiger partial charge is 0.258 e. The zero-order valence-corrected chi connectivity index (χ0v) is 11.1. The van der Waals surface area contributed by atoms with Gasteiger partial charge in [-0.05, 0) is 6.42 Å². The summed E-state index contributed by atoms with van der Waals surface area (Å²) in [5.41, 5.74) is -3.95. The van der Waals surface area contributed by atoms with Gasteiger partial charge in [0.1, 0.15) is 0 Å². The van der Waals surface area contributed by atoms with Crippen molar-refractivity contribution in [3.8, 4) is 0 Å². The summed E-state index contributed by atoms with van der Waals surface area (Å²) in [4.78, 5) is 40.4. The summed E-state index contributed by atoms with van der Waals surface area (Å²) in [5, 5.41) is 42.9. The SMILES string of the molecule is CCCN(c1c([N+](=O)[O-])cc([N+](=O)[O-])cc1[N+](=O)[O-])[N+](=O)[O-]. The van der Waals surface area contributed by atoms with Crippen LogP contribution in [0.15, 0.2) is 12.1 Å². The highest BCUT2D eigenvalue weighted by molar-refractivity contribution is 5.77. The predicted octanol–water partition coefficient (Wildman–Crippen LogP) is 1.82. The molecule has 0 fully saturated rings. The molecule has 13 heteroatoms. The monoisotopic (exact) mass is 315 g/mol. The highest BCUT2D eigenvalue weighted by atomic mass is 16.7. The molecular formula is C9H9N5O8. The van der Waals surface area contributed by atoms with Gasteiger partial charge in [0.25, 0.3) is 11.4 Å². The zero-order chi connectivity index (χ0) is 17.0.